The van der Waals surface area contributed by atoms with E-state index >= 15 is 0 Å². The van der Waals surface area contributed by atoms with Crippen molar-refractivity contribution in [2.75, 3.05) is 5.32 Å². The molecule has 0 atom stereocenters. The Morgan fingerprint density at radius 1 is 1.04 bits per heavy atom. The minimum Gasteiger partial charge on any atom is -0.440 e. The first kappa shape index (κ1) is 15.1. The molecule has 1 aromatic carbocycles. The summed E-state index contributed by atoms with van der Waals surface area (Å²) >= 11 is 0. The summed E-state index contributed by atoms with van der Waals surface area (Å²) in [7, 11) is 0. The lowest BCUT2D eigenvalue weighted by molar-refractivity contribution is 0.453. The third-order valence-electron chi connectivity index (χ3n) is 4.73. The topological polar surface area (TPSA) is 55.4 Å². The maximum absolute atomic E-state index is 12.4. The van der Waals surface area contributed by atoms with Crippen LogP contribution in [0.1, 0.15) is 37.9 Å². The highest BCUT2D eigenvalue weighted by atomic mass is 16.4. The molecule has 124 valence electrons. The molecule has 4 heteroatoms. The Balaban J connectivity index is 1.88. The molecule has 1 aliphatic carbocycles. The van der Waals surface area contributed by atoms with Crippen molar-refractivity contribution in [1.29, 1.82) is 0 Å². The Morgan fingerprint density at radius 2 is 1.79 bits per heavy atom. The third-order valence-corrected chi connectivity index (χ3v) is 4.73. The first-order valence-electron chi connectivity index (χ1n) is 8.61. The molecule has 1 N–H and O–H groups in total. The van der Waals surface area contributed by atoms with Gasteiger partial charge in [-0.15, -0.1) is 0 Å². The van der Waals surface area contributed by atoms with E-state index in [0.29, 0.717) is 28.7 Å². The first-order valence-corrected chi connectivity index (χ1v) is 8.61. The summed E-state index contributed by atoms with van der Waals surface area (Å²) in [5.41, 5.74) is 2.01. The molecule has 1 saturated carbocycles. The molecule has 0 spiro atoms. The van der Waals surface area contributed by atoms with Gasteiger partial charge in [-0.25, -0.2) is 4.79 Å². The van der Waals surface area contributed by atoms with Crippen molar-refractivity contribution in [1.82, 2.24) is 0 Å². The molecule has 4 rings (SSSR count). The third kappa shape index (κ3) is 2.73. The Hall–Kier alpha value is -2.49. The van der Waals surface area contributed by atoms with E-state index in [9.17, 15) is 4.79 Å². The summed E-state index contributed by atoms with van der Waals surface area (Å²) in [5.74, 6) is 1.24. The van der Waals surface area contributed by atoms with E-state index in [1.807, 2.05) is 30.3 Å². The van der Waals surface area contributed by atoms with E-state index in [1.165, 1.54) is 19.3 Å². The fraction of sp³-hybridized carbons (Fsp3) is 0.350. The fourth-order valence-corrected chi connectivity index (χ4v) is 3.58. The minimum absolute atomic E-state index is 0.343. The van der Waals surface area contributed by atoms with Gasteiger partial charge in [0.15, 0.2) is 0 Å². The molecule has 24 heavy (non-hydrogen) atoms. The van der Waals surface area contributed by atoms with Crippen molar-refractivity contribution in [3.8, 4) is 11.1 Å². The average Bonchev–Trinajstić information content (AvgIpc) is 2.94. The average molecular weight is 323 g/mol. The van der Waals surface area contributed by atoms with Gasteiger partial charge >= 0.3 is 5.63 Å². The van der Waals surface area contributed by atoms with Gasteiger partial charge in [-0.05, 0) is 25.3 Å². The molecular weight excluding hydrogens is 302 g/mol. The summed E-state index contributed by atoms with van der Waals surface area (Å²) in [5, 5.41) is 4.06. The van der Waals surface area contributed by atoms with Crippen molar-refractivity contribution < 1.29 is 8.83 Å². The maximum Gasteiger partial charge on any atom is 0.347 e. The van der Waals surface area contributed by atoms with Gasteiger partial charge in [-0.3, -0.25) is 0 Å². The van der Waals surface area contributed by atoms with Crippen LogP contribution in [0.25, 0.3) is 22.1 Å². The molecule has 0 amide bonds. The Kier molecular flexibility index (Phi) is 3.89. The fourth-order valence-electron chi connectivity index (χ4n) is 3.58. The molecule has 2 heterocycles. The quantitative estimate of drug-likeness (QED) is 0.728. The second kappa shape index (κ2) is 6.19. The van der Waals surface area contributed by atoms with Crippen LogP contribution in [0.15, 0.2) is 50.0 Å². The number of nitrogens with one attached hydrogen (secondary N) is 1. The van der Waals surface area contributed by atoms with Gasteiger partial charge in [-0.1, -0.05) is 49.6 Å². The molecule has 0 saturated heterocycles. The van der Waals surface area contributed by atoms with Crippen molar-refractivity contribution in [3.05, 3.63) is 52.6 Å². The molecule has 0 unspecified atom stereocenters. The highest BCUT2D eigenvalue weighted by Gasteiger charge is 2.23. The molecule has 1 fully saturated rings. The van der Waals surface area contributed by atoms with Crippen LogP contribution in [0.3, 0.4) is 0 Å². The van der Waals surface area contributed by atoms with Crippen LogP contribution in [0.5, 0.6) is 0 Å². The number of rotatable bonds is 3. The van der Waals surface area contributed by atoms with Crippen molar-refractivity contribution in [2.24, 2.45) is 0 Å². The molecule has 2 aromatic heterocycles. The van der Waals surface area contributed by atoms with E-state index < -0.39 is 0 Å². The molecule has 4 nitrogen and oxygen atoms in total. The molecule has 3 aromatic rings. The van der Waals surface area contributed by atoms with Crippen LogP contribution < -0.4 is 10.9 Å². The first-order chi connectivity index (χ1) is 11.7. The number of hydrogen-bond acceptors (Lipinski definition) is 4. The van der Waals surface area contributed by atoms with Gasteiger partial charge in [0.05, 0.1) is 5.56 Å². The van der Waals surface area contributed by atoms with Crippen LogP contribution in [0.4, 0.5) is 5.88 Å². The second-order valence-corrected chi connectivity index (χ2v) is 6.54. The van der Waals surface area contributed by atoms with Crippen LogP contribution in [0.2, 0.25) is 0 Å². The normalized spacial score (nSPS) is 15.7. The Labute approximate surface area is 140 Å². The minimum atomic E-state index is -0.343. The van der Waals surface area contributed by atoms with Crippen molar-refractivity contribution >= 4 is 16.9 Å². The Morgan fingerprint density at radius 3 is 2.54 bits per heavy atom. The highest BCUT2D eigenvalue weighted by Crippen LogP contribution is 2.38. The van der Waals surface area contributed by atoms with Crippen molar-refractivity contribution in [2.45, 2.75) is 45.1 Å². The zero-order valence-electron chi connectivity index (χ0n) is 13.8. The SMILES string of the molecule is Cc1cc2oc(NC3CCCCC3)c(-c3ccccc3)c2c(=O)o1. The lowest BCUT2D eigenvalue weighted by Gasteiger charge is -2.23. The van der Waals surface area contributed by atoms with E-state index in [4.69, 9.17) is 8.83 Å². The highest BCUT2D eigenvalue weighted by molar-refractivity contribution is 5.99. The monoisotopic (exact) mass is 323 g/mol. The summed E-state index contributed by atoms with van der Waals surface area (Å²) < 4.78 is 11.4. The van der Waals surface area contributed by atoms with E-state index in [2.05, 4.69) is 5.32 Å². The molecular formula is C20H21NO3. The zero-order valence-corrected chi connectivity index (χ0v) is 13.8. The number of furan rings is 1. The van der Waals surface area contributed by atoms with Crippen LogP contribution in [0, 0.1) is 6.92 Å². The van der Waals surface area contributed by atoms with E-state index in [-0.39, 0.29) is 5.63 Å². The molecule has 1 aliphatic rings. The van der Waals surface area contributed by atoms with Gasteiger partial charge in [0.2, 0.25) is 5.88 Å². The summed E-state index contributed by atoms with van der Waals surface area (Å²) in [6, 6.07) is 12.1. The smallest absolute Gasteiger partial charge is 0.347 e. The number of benzene rings is 1. The number of fused-ring (bicyclic) bond motifs is 1. The number of hydrogen-bond donors (Lipinski definition) is 1. The standard InChI is InChI=1S/C20H21NO3/c1-13-12-16-18(20(22)23-13)17(14-8-4-2-5-9-14)19(24-16)21-15-10-6-3-7-11-15/h2,4-5,8-9,12,15,21H,3,6-7,10-11H2,1H3. The van der Waals surface area contributed by atoms with Crippen molar-refractivity contribution in [3.63, 3.8) is 0 Å². The summed E-state index contributed by atoms with van der Waals surface area (Å²) in [6.07, 6.45) is 6.05. The number of aryl methyl sites for hydroxylation is 1. The lowest BCUT2D eigenvalue weighted by atomic mass is 9.95. The maximum atomic E-state index is 12.4. The summed E-state index contributed by atoms with van der Waals surface area (Å²) in [4.78, 5) is 12.4. The van der Waals surface area contributed by atoms with Gasteiger partial charge in [-0.2, -0.15) is 0 Å². The largest absolute Gasteiger partial charge is 0.440 e. The van der Waals surface area contributed by atoms with Gasteiger partial charge in [0.1, 0.15) is 16.7 Å². The second-order valence-electron chi connectivity index (χ2n) is 6.54. The van der Waals surface area contributed by atoms with Gasteiger partial charge < -0.3 is 14.2 Å². The number of anilines is 1. The van der Waals surface area contributed by atoms with E-state index in [0.717, 1.165) is 24.0 Å². The van der Waals surface area contributed by atoms with Crippen LogP contribution in [-0.4, -0.2) is 6.04 Å². The summed E-state index contributed by atoms with van der Waals surface area (Å²) in [6.45, 7) is 1.76. The van der Waals surface area contributed by atoms with Crippen LogP contribution in [-0.2, 0) is 0 Å². The van der Waals surface area contributed by atoms with E-state index in [1.54, 1.807) is 13.0 Å². The predicted molar refractivity (Wildman–Crippen MR) is 95.4 cm³/mol. The Bertz CT molecular complexity index is 902. The molecule has 0 radical (unpaired) electrons. The van der Waals surface area contributed by atoms with Crippen LogP contribution >= 0.6 is 0 Å². The zero-order chi connectivity index (χ0) is 16.5. The van der Waals surface area contributed by atoms with Gasteiger partial charge in [0.25, 0.3) is 0 Å². The lowest BCUT2D eigenvalue weighted by Crippen LogP contribution is -2.22. The van der Waals surface area contributed by atoms with Gasteiger partial charge in [0, 0.05) is 12.1 Å². The molecule has 0 aliphatic heterocycles. The predicted octanol–water partition coefficient (Wildman–Crippen LogP) is 5.11. The molecule has 0 bridgehead atoms.